The highest BCUT2D eigenvalue weighted by atomic mass is 16.5. The maximum Gasteiger partial charge on any atom is 0.338 e. The molecule has 0 heterocycles. The van der Waals surface area contributed by atoms with Gasteiger partial charge in [-0.15, -0.1) is 0 Å². The molecule has 2 aromatic rings. The molecule has 0 aliphatic heterocycles. The molecule has 6 heteroatoms. The molecule has 0 radical (unpaired) electrons. The second-order valence-corrected chi connectivity index (χ2v) is 5.06. The molecule has 1 N–H and O–H groups in total. The average Bonchev–Trinajstić information content (AvgIpc) is 2.60. The van der Waals surface area contributed by atoms with E-state index in [-0.39, 0.29) is 6.61 Å². The van der Waals surface area contributed by atoms with E-state index in [4.69, 9.17) is 14.2 Å². The lowest BCUT2D eigenvalue weighted by atomic mass is 10.2. The van der Waals surface area contributed by atoms with E-state index in [0.29, 0.717) is 22.7 Å². The lowest BCUT2D eigenvalue weighted by Gasteiger charge is -2.11. The third kappa shape index (κ3) is 4.49. The van der Waals surface area contributed by atoms with E-state index in [1.54, 1.807) is 36.4 Å². The molecule has 0 saturated heterocycles. The molecule has 2 aromatic carbocycles. The van der Waals surface area contributed by atoms with Crippen LogP contribution in [0, 0.1) is 6.92 Å². The second-order valence-electron chi connectivity index (χ2n) is 5.06. The Morgan fingerprint density at radius 2 is 1.71 bits per heavy atom. The molecule has 0 bridgehead atoms. The normalized spacial score (nSPS) is 9.96. The Kier molecular flexibility index (Phi) is 5.78. The van der Waals surface area contributed by atoms with Gasteiger partial charge in [-0.3, -0.25) is 4.79 Å². The minimum absolute atomic E-state index is 0.344. The quantitative estimate of drug-likeness (QED) is 0.825. The number of carbonyl (C=O) groups excluding carboxylic acids is 2. The van der Waals surface area contributed by atoms with Gasteiger partial charge in [0.2, 0.25) is 0 Å². The van der Waals surface area contributed by atoms with E-state index in [2.05, 4.69) is 5.32 Å². The van der Waals surface area contributed by atoms with Crippen molar-refractivity contribution in [3.05, 3.63) is 53.6 Å². The Bertz CT molecular complexity index is 725. The molecule has 0 atom stereocenters. The van der Waals surface area contributed by atoms with Crippen LogP contribution in [-0.2, 0) is 9.53 Å². The van der Waals surface area contributed by atoms with Gasteiger partial charge in [0, 0.05) is 0 Å². The highest BCUT2D eigenvalue weighted by Crippen LogP contribution is 2.25. The van der Waals surface area contributed by atoms with Gasteiger partial charge in [0.05, 0.1) is 25.5 Å². The molecular formula is C18H19NO5. The van der Waals surface area contributed by atoms with Gasteiger partial charge >= 0.3 is 5.97 Å². The van der Waals surface area contributed by atoms with Crippen LogP contribution >= 0.6 is 0 Å². The molecule has 2 rings (SSSR count). The number of esters is 1. The molecular weight excluding hydrogens is 310 g/mol. The van der Waals surface area contributed by atoms with Crippen molar-refractivity contribution in [2.24, 2.45) is 0 Å². The van der Waals surface area contributed by atoms with Crippen molar-refractivity contribution in [1.82, 2.24) is 0 Å². The van der Waals surface area contributed by atoms with Crippen LogP contribution in [0.4, 0.5) is 5.69 Å². The van der Waals surface area contributed by atoms with Gasteiger partial charge in [-0.2, -0.15) is 0 Å². The van der Waals surface area contributed by atoms with Crippen molar-refractivity contribution < 1.29 is 23.8 Å². The number of rotatable bonds is 6. The SMILES string of the molecule is COc1ccc(C(=O)OCC(=O)Nc2cc(C)ccc2OC)cc1. The summed E-state index contributed by atoms with van der Waals surface area (Å²) in [4.78, 5) is 23.9. The zero-order chi connectivity index (χ0) is 17.5. The van der Waals surface area contributed by atoms with Gasteiger partial charge in [0.1, 0.15) is 11.5 Å². The number of anilines is 1. The number of carbonyl (C=O) groups is 2. The second kappa shape index (κ2) is 8.01. The number of benzene rings is 2. The summed E-state index contributed by atoms with van der Waals surface area (Å²) in [6, 6.07) is 11.8. The summed E-state index contributed by atoms with van der Waals surface area (Å²) >= 11 is 0. The zero-order valence-corrected chi connectivity index (χ0v) is 13.8. The van der Waals surface area contributed by atoms with Crippen LogP contribution < -0.4 is 14.8 Å². The van der Waals surface area contributed by atoms with Crippen LogP contribution in [0.2, 0.25) is 0 Å². The number of methoxy groups -OCH3 is 2. The summed E-state index contributed by atoms with van der Waals surface area (Å²) in [6.45, 7) is 1.51. The minimum atomic E-state index is -0.580. The summed E-state index contributed by atoms with van der Waals surface area (Å²) in [5.74, 6) is 0.149. The van der Waals surface area contributed by atoms with Crippen LogP contribution in [0.25, 0.3) is 0 Å². The van der Waals surface area contributed by atoms with E-state index in [1.165, 1.54) is 14.2 Å². The maximum absolute atomic E-state index is 12.0. The lowest BCUT2D eigenvalue weighted by molar-refractivity contribution is -0.119. The standard InChI is InChI=1S/C18H19NO5/c1-12-4-9-16(23-3)15(10-12)19-17(20)11-24-18(21)13-5-7-14(22-2)8-6-13/h4-10H,11H2,1-3H3,(H,19,20). The third-order valence-corrected chi connectivity index (χ3v) is 3.29. The molecule has 1 amide bonds. The van der Waals surface area contributed by atoms with Crippen LogP contribution in [0.5, 0.6) is 11.5 Å². The van der Waals surface area contributed by atoms with Crippen molar-refractivity contribution in [2.45, 2.75) is 6.92 Å². The number of ether oxygens (including phenoxy) is 3. The molecule has 126 valence electrons. The molecule has 0 aliphatic rings. The smallest absolute Gasteiger partial charge is 0.338 e. The van der Waals surface area contributed by atoms with E-state index in [9.17, 15) is 9.59 Å². The lowest BCUT2D eigenvalue weighted by Crippen LogP contribution is -2.21. The molecule has 0 fully saturated rings. The van der Waals surface area contributed by atoms with Gasteiger partial charge in [-0.05, 0) is 48.9 Å². The van der Waals surface area contributed by atoms with Gasteiger partial charge < -0.3 is 19.5 Å². The first kappa shape index (κ1) is 17.3. The van der Waals surface area contributed by atoms with Gasteiger partial charge in [-0.1, -0.05) is 6.07 Å². The number of hydrogen-bond acceptors (Lipinski definition) is 5. The fourth-order valence-corrected chi connectivity index (χ4v) is 2.05. The van der Waals surface area contributed by atoms with Gasteiger partial charge in [0.15, 0.2) is 6.61 Å². The summed E-state index contributed by atoms with van der Waals surface area (Å²) in [5.41, 5.74) is 1.85. The average molecular weight is 329 g/mol. The first-order chi connectivity index (χ1) is 11.5. The van der Waals surface area contributed by atoms with Crippen LogP contribution in [-0.4, -0.2) is 32.7 Å². The fourth-order valence-electron chi connectivity index (χ4n) is 2.05. The fraction of sp³-hybridized carbons (Fsp3) is 0.222. The third-order valence-electron chi connectivity index (χ3n) is 3.29. The van der Waals surface area contributed by atoms with Crippen molar-refractivity contribution in [1.29, 1.82) is 0 Å². The number of hydrogen-bond donors (Lipinski definition) is 1. The van der Waals surface area contributed by atoms with Crippen LogP contribution in [0.15, 0.2) is 42.5 Å². The Morgan fingerprint density at radius 1 is 1.00 bits per heavy atom. The molecule has 0 saturated carbocycles. The van der Waals surface area contributed by atoms with Gasteiger partial charge in [0.25, 0.3) is 5.91 Å². The molecule has 24 heavy (non-hydrogen) atoms. The topological polar surface area (TPSA) is 73.9 Å². The molecule has 6 nitrogen and oxygen atoms in total. The number of aryl methyl sites for hydroxylation is 1. The number of nitrogens with one attached hydrogen (secondary N) is 1. The summed E-state index contributed by atoms with van der Waals surface area (Å²) < 4.78 is 15.2. The zero-order valence-electron chi connectivity index (χ0n) is 13.8. The summed E-state index contributed by atoms with van der Waals surface area (Å²) in [6.07, 6.45) is 0. The molecule has 0 aliphatic carbocycles. The van der Waals surface area contributed by atoms with Gasteiger partial charge in [-0.25, -0.2) is 4.79 Å². The van der Waals surface area contributed by atoms with Crippen molar-refractivity contribution in [3.8, 4) is 11.5 Å². The van der Waals surface area contributed by atoms with E-state index in [0.717, 1.165) is 5.56 Å². The monoisotopic (exact) mass is 329 g/mol. The number of amides is 1. The Morgan fingerprint density at radius 3 is 2.33 bits per heavy atom. The van der Waals surface area contributed by atoms with Crippen molar-refractivity contribution in [2.75, 3.05) is 26.1 Å². The first-order valence-corrected chi connectivity index (χ1v) is 7.29. The summed E-state index contributed by atoms with van der Waals surface area (Å²) in [5, 5.41) is 2.67. The maximum atomic E-state index is 12.0. The predicted octanol–water partition coefficient (Wildman–Crippen LogP) is 2.81. The Hall–Kier alpha value is -3.02. The van der Waals surface area contributed by atoms with Crippen LogP contribution in [0.3, 0.4) is 0 Å². The Labute approximate surface area is 140 Å². The van der Waals surface area contributed by atoms with E-state index in [1.807, 2.05) is 13.0 Å². The highest BCUT2D eigenvalue weighted by molar-refractivity contribution is 5.96. The molecule has 0 aromatic heterocycles. The first-order valence-electron chi connectivity index (χ1n) is 7.29. The van der Waals surface area contributed by atoms with Crippen molar-refractivity contribution in [3.63, 3.8) is 0 Å². The molecule has 0 unspecified atom stereocenters. The van der Waals surface area contributed by atoms with Crippen LogP contribution in [0.1, 0.15) is 15.9 Å². The Balaban J connectivity index is 1.93. The minimum Gasteiger partial charge on any atom is -0.497 e. The van der Waals surface area contributed by atoms with E-state index < -0.39 is 11.9 Å². The largest absolute Gasteiger partial charge is 0.497 e. The van der Waals surface area contributed by atoms with E-state index >= 15 is 0 Å². The highest BCUT2D eigenvalue weighted by Gasteiger charge is 2.12. The predicted molar refractivity (Wildman–Crippen MR) is 89.6 cm³/mol. The van der Waals surface area contributed by atoms with Crippen molar-refractivity contribution >= 4 is 17.6 Å². The molecule has 0 spiro atoms. The summed E-state index contributed by atoms with van der Waals surface area (Å²) in [7, 11) is 3.06.